The molecule has 23 heavy (non-hydrogen) atoms. The van der Waals surface area contributed by atoms with Gasteiger partial charge in [-0.05, 0) is 58.7 Å². The summed E-state index contributed by atoms with van der Waals surface area (Å²) in [5, 5.41) is 15.1. The Morgan fingerprint density at radius 3 is 2.61 bits per heavy atom. The van der Waals surface area contributed by atoms with Crippen molar-refractivity contribution in [1.29, 1.82) is 0 Å². The van der Waals surface area contributed by atoms with Crippen molar-refractivity contribution >= 4 is 44.7 Å². The molecule has 0 amide bonds. The number of thiocarbonyl (C=S) groups is 1. The second-order valence-electron chi connectivity index (χ2n) is 5.35. The maximum Gasteiger partial charge on any atom is 0.324 e. The summed E-state index contributed by atoms with van der Waals surface area (Å²) in [6.45, 7) is 0. The van der Waals surface area contributed by atoms with E-state index in [1.807, 2.05) is 12.1 Å². The van der Waals surface area contributed by atoms with Crippen LogP contribution in [0.3, 0.4) is 0 Å². The highest BCUT2D eigenvalue weighted by atomic mass is 32.1. The number of nitro groups is 1. The fraction of sp³-hybridized carbons (Fsp3) is 0.167. The summed E-state index contributed by atoms with van der Waals surface area (Å²) in [4.78, 5) is 11.4. The van der Waals surface area contributed by atoms with Crippen LogP contribution in [0.4, 0.5) is 5.00 Å². The van der Waals surface area contributed by atoms with Crippen molar-refractivity contribution in [3.8, 4) is 10.4 Å². The van der Waals surface area contributed by atoms with Crippen molar-refractivity contribution in [2.24, 2.45) is 0 Å². The van der Waals surface area contributed by atoms with E-state index in [-0.39, 0.29) is 9.92 Å². The number of nitrogens with zero attached hydrogens (tertiary/aromatic N) is 1. The van der Waals surface area contributed by atoms with Crippen molar-refractivity contribution in [1.82, 2.24) is 0 Å². The highest BCUT2D eigenvalue weighted by Gasteiger charge is 2.11. The number of benzene rings is 2. The molecule has 0 unspecified atom stereocenters. The van der Waals surface area contributed by atoms with Crippen LogP contribution in [0.2, 0.25) is 0 Å². The van der Waals surface area contributed by atoms with E-state index >= 15 is 0 Å². The fourth-order valence-electron chi connectivity index (χ4n) is 2.57. The summed E-state index contributed by atoms with van der Waals surface area (Å²) in [6, 6.07) is 16.0. The van der Waals surface area contributed by atoms with E-state index in [9.17, 15) is 10.1 Å². The summed E-state index contributed by atoms with van der Waals surface area (Å²) < 4.78 is 0. The first-order valence-corrected chi connectivity index (χ1v) is 8.67. The average molecular weight is 341 g/mol. The van der Waals surface area contributed by atoms with Gasteiger partial charge in [0.2, 0.25) is 0 Å². The van der Waals surface area contributed by atoms with Crippen LogP contribution in [0, 0.1) is 10.1 Å². The van der Waals surface area contributed by atoms with Crippen LogP contribution in [0.5, 0.6) is 0 Å². The first-order chi connectivity index (χ1) is 11.2. The van der Waals surface area contributed by atoms with Crippen LogP contribution >= 0.6 is 23.6 Å². The highest BCUT2D eigenvalue weighted by Crippen LogP contribution is 2.34. The van der Waals surface area contributed by atoms with E-state index in [2.05, 4.69) is 30.3 Å². The normalized spacial score (nSPS) is 10.8. The van der Waals surface area contributed by atoms with Crippen molar-refractivity contribution in [3.05, 3.63) is 64.2 Å². The van der Waals surface area contributed by atoms with Gasteiger partial charge < -0.3 is 0 Å². The van der Waals surface area contributed by atoms with Gasteiger partial charge in [0, 0.05) is 10.9 Å². The maximum absolute atomic E-state index is 10.8. The van der Waals surface area contributed by atoms with Crippen LogP contribution in [0.1, 0.15) is 18.4 Å². The molecule has 0 saturated carbocycles. The minimum absolute atomic E-state index is 0.175. The highest BCUT2D eigenvalue weighted by molar-refractivity contribution is 7.78. The lowest BCUT2D eigenvalue weighted by Crippen LogP contribution is -1.86. The van der Waals surface area contributed by atoms with Gasteiger partial charge in [-0.15, -0.1) is 0 Å². The Labute approximate surface area is 143 Å². The van der Waals surface area contributed by atoms with Gasteiger partial charge in [-0.1, -0.05) is 53.9 Å². The Bertz CT molecular complexity index is 870. The van der Waals surface area contributed by atoms with Crippen molar-refractivity contribution in [3.63, 3.8) is 0 Å². The van der Waals surface area contributed by atoms with Crippen LogP contribution in [-0.4, -0.2) is 10.3 Å². The van der Waals surface area contributed by atoms with Gasteiger partial charge in [-0.3, -0.25) is 10.1 Å². The Hall–Kier alpha value is -2.11. The number of hydrogen-bond acceptors (Lipinski definition) is 4. The molecule has 0 aliphatic carbocycles. The van der Waals surface area contributed by atoms with Gasteiger partial charge in [-0.25, -0.2) is 0 Å². The molecule has 0 aliphatic rings. The summed E-state index contributed by atoms with van der Waals surface area (Å²) in [6.07, 6.45) is 3.07. The average Bonchev–Trinajstić information content (AvgIpc) is 3.05. The van der Waals surface area contributed by atoms with Crippen LogP contribution < -0.4 is 0 Å². The number of fused-ring (bicyclic) bond motifs is 1. The lowest BCUT2D eigenvalue weighted by atomic mass is 10.0. The molecule has 0 aliphatic heterocycles. The van der Waals surface area contributed by atoms with Crippen LogP contribution in [0.25, 0.3) is 21.2 Å². The molecule has 5 heteroatoms. The molecule has 0 spiro atoms. The predicted molar refractivity (Wildman–Crippen MR) is 101 cm³/mol. The van der Waals surface area contributed by atoms with Crippen LogP contribution in [-0.2, 0) is 6.42 Å². The van der Waals surface area contributed by atoms with Crippen molar-refractivity contribution in [2.45, 2.75) is 19.3 Å². The fourth-order valence-corrected chi connectivity index (χ4v) is 3.56. The summed E-state index contributed by atoms with van der Waals surface area (Å²) in [7, 11) is 0. The molecule has 3 rings (SSSR count). The molecule has 0 fully saturated rings. The third-order valence-corrected chi connectivity index (χ3v) is 5.07. The molecule has 0 N–H and O–H groups in total. The van der Waals surface area contributed by atoms with E-state index in [1.54, 1.807) is 11.4 Å². The number of unbranched alkanes of at least 4 members (excludes halogenated alkanes) is 1. The lowest BCUT2D eigenvalue weighted by Gasteiger charge is -2.05. The van der Waals surface area contributed by atoms with E-state index < -0.39 is 0 Å². The largest absolute Gasteiger partial charge is 0.324 e. The predicted octanol–water partition coefficient (Wildman–Crippen LogP) is 5.80. The molecule has 116 valence electrons. The molecule has 0 saturated heterocycles. The molecule has 2 aromatic carbocycles. The third-order valence-electron chi connectivity index (χ3n) is 3.75. The van der Waals surface area contributed by atoms with Gasteiger partial charge >= 0.3 is 5.00 Å². The van der Waals surface area contributed by atoms with E-state index in [0.717, 1.165) is 35.1 Å². The Balaban J connectivity index is 1.88. The standard InChI is InChI=1S/C18H15NO2S2/c20-19(21)18-9-8-17(23-18)16-7-6-14-11-13(3-1-2-10-22)4-5-15(14)12-16/h4-12H,1-3H2. The minimum Gasteiger partial charge on any atom is -0.258 e. The van der Waals surface area contributed by atoms with E-state index in [0.29, 0.717) is 0 Å². The molecule has 0 atom stereocenters. The Kier molecular flexibility index (Phi) is 4.79. The number of hydrogen-bond donors (Lipinski definition) is 0. The molecule has 0 radical (unpaired) electrons. The van der Waals surface area contributed by atoms with Crippen LogP contribution in [0.15, 0.2) is 48.5 Å². The maximum atomic E-state index is 10.8. The molecule has 1 aromatic heterocycles. The second kappa shape index (κ2) is 6.98. The Morgan fingerprint density at radius 1 is 1.09 bits per heavy atom. The topological polar surface area (TPSA) is 43.1 Å². The number of thiophene rings is 1. The zero-order valence-corrected chi connectivity index (χ0v) is 14.0. The molecule has 3 nitrogen and oxygen atoms in total. The number of rotatable bonds is 6. The Morgan fingerprint density at radius 2 is 1.87 bits per heavy atom. The van der Waals surface area contributed by atoms with E-state index in [4.69, 9.17) is 12.2 Å². The van der Waals surface area contributed by atoms with Gasteiger partial charge in [0.25, 0.3) is 0 Å². The van der Waals surface area contributed by atoms with E-state index in [1.165, 1.54) is 22.3 Å². The van der Waals surface area contributed by atoms with Gasteiger partial charge in [0.15, 0.2) is 0 Å². The third kappa shape index (κ3) is 3.63. The van der Waals surface area contributed by atoms with Crippen molar-refractivity contribution < 1.29 is 4.92 Å². The van der Waals surface area contributed by atoms with Gasteiger partial charge in [-0.2, -0.15) is 0 Å². The van der Waals surface area contributed by atoms with Gasteiger partial charge in [0.05, 0.1) is 4.92 Å². The van der Waals surface area contributed by atoms with Crippen molar-refractivity contribution in [2.75, 3.05) is 0 Å². The minimum atomic E-state index is -0.345. The zero-order valence-electron chi connectivity index (χ0n) is 12.4. The summed E-state index contributed by atoms with van der Waals surface area (Å²) >= 11 is 6.06. The number of aryl methyl sites for hydroxylation is 1. The molecular weight excluding hydrogens is 326 g/mol. The SMILES string of the molecule is O=[N+]([O-])c1ccc(-c2ccc3cc(CCCC=S)ccc3c2)s1. The van der Waals surface area contributed by atoms with Gasteiger partial charge in [0.1, 0.15) is 0 Å². The summed E-state index contributed by atoms with van der Waals surface area (Å²) in [5.74, 6) is 0. The zero-order chi connectivity index (χ0) is 16.2. The molecule has 0 bridgehead atoms. The first-order valence-electron chi connectivity index (χ1n) is 7.38. The smallest absolute Gasteiger partial charge is 0.258 e. The second-order valence-corrected chi connectivity index (χ2v) is 6.75. The molecule has 1 heterocycles. The quantitative estimate of drug-likeness (QED) is 0.246. The molecule has 3 aromatic rings. The molecular formula is C18H15NO2S2. The first kappa shape index (κ1) is 15.8. The lowest BCUT2D eigenvalue weighted by molar-refractivity contribution is -0.380. The monoisotopic (exact) mass is 341 g/mol. The summed E-state index contributed by atoms with van der Waals surface area (Å²) in [5.41, 5.74) is 2.33.